The summed E-state index contributed by atoms with van der Waals surface area (Å²) in [5, 5.41) is 0. The van der Waals surface area contributed by atoms with Gasteiger partial charge < -0.3 is 9.47 Å². The average molecular weight is 301 g/mol. The maximum Gasteiger partial charge on any atom is 0.122 e. The van der Waals surface area contributed by atoms with Gasteiger partial charge in [0.2, 0.25) is 0 Å². The molecule has 0 spiro atoms. The molecule has 0 heterocycles. The van der Waals surface area contributed by atoms with Gasteiger partial charge >= 0.3 is 0 Å². The number of methoxy groups -OCH3 is 2. The van der Waals surface area contributed by atoms with Crippen molar-refractivity contribution in [2.75, 3.05) is 14.2 Å². The van der Waals surface area contributed by atoms with Crippen LogP contribution in [0, 0.1) is 5.92 Å². The van der Waals surface area contributed by atoms with Crippen molar-refractivity contribution < 1.29 is 9.47 Å². The molecule has 17 heavy (non-hydrogen) atoms. The fraction of sp³-hybridized carbons (Fsp3) is 0.571. The van der Waals surface area contributed by atoms with Gasteiger partial charge in [-0.2, -0.15) is 0 Å². The van der Waals surface area contributed by atoms with E-state index in [9.17, 15) is 0 Å². The van der Waals surface area contributed by atoms with Gasteiger partial charge in [-0.25, -0.2) is 0 Å². The largest absolute Gasteiger partial charge is 0.497 e. The molecule has 0 bridgehead atoms. The first-order valence-corrected chi connectivity index (χ1v) is 6.83. The van der Waals surface area contributed by atoms with E-state index in [1.165, 1.54) is 5.56 Å². The molecule has 0 aliphatic rings. The van der Waals surface area contributed by atoms with Crippen LogP contribution in [0.5, 0.6) is 11.5 Å². The predicted molar refractivity (Wildman–Crippen MR) is 75.4 cm³/mol. The zero-order chi connectivity index (χ0) is 12.8. The molecule has 0 radical (unpaired) electrons. The van der Waals surface area contributed by atoms with Crippen molar-refractivity contribution in [1.29, 1.82) is 0 Å². The van der Waals surface area contributed by atoms with Crippen LogP contribution in [0.1, 0.15) is 25.8 Å². The number of rotatable bonds is 6. The van der Waals surface area contributed by atoms with Crippen LogP contribution in [0.3, 0.4) is 0 Å². The summed E-state index contributed by atoms with van der Waals surface area (Å²) in [6.07, 6.45) is 2.11. The lowest BCUT2D eigenvalue weighted by Gasteiger charge is -2.15. The van der Waals surface area contributed by atoms with Crippen molar-refractivity contribution in [3.8, 4) is 11.5 Å². The second-order valence-corrected chi connectivity index (χ2v) is 5.90. The topological polar surface area (TPSA) is 18.5 Å². The van der Waals surface area contributed by atoms with E-state index in [2.05, 4.69) is 29.8 Å². The molecule has 0 aromatic heterocycles. The normalized spacial score (nSPS) is 12.6. The van der Waals surface area contributed by atoms with Gasteiger partial charge in [0, 0.05) is 4.83 Å². The molecule has 2 nitrogen and oxygen atoms in total. The molecule has 1 rings (SSSR count). The quantitative estimate of drug-likeness (QED) is 0.738. The third kappa shape index (κ3) is 4.58. The van der Waals surface area contributed by atoms with Crippen molar-refractivity contribution in [1.82, 2.24) is 0 Å². The maximum atomic E-state index is 5.37. The third-order valence-electron chi connectivity index (χ3n) is 2.66. The van der Waals surface area contributed by atoms with Crippen LogP contribution in [0.15, 0.2) is 18.2 Å². The first kappa shape index (κ1) is 14.4. The smallest absolute Gasteiger partial charge is 0.122 e. The van der Waals surface area contributed by atoms with E-state index >= 15 is 0 Å². The molecule has 1 unspecified atom stereocenters. The number of ether oxygens (including phenoxy) is 2. The highest BCUT2D eigenvalue weighted by molar-refractivity contribution is 9.09. The highest BCUT2D eigenvalue weighted by Gasteiger charge is 2.12. The standard InChI is InChI=1S/C14H21BrO2/c1-10(2)7-12(15)8-11-9-13(16-3)5-6-14(11)17-4/h5-6,9-10,12H,7-8H2,1-4H3. The van der Waals surface area contributed by atoms with Crippen LogP contribution in [0.25, 0.3) is 0 Å². The molecular weight excluding hydrogens is 280 g/mol. The van der Waals surface area contributed by atoms with Gasteiger partial charge in [0.1, 0.15) is 11.5 Å². The molecule has 0 amide bonds. The van der Waals surface area contributed by atoms with Crippen LogP contribution in [-0.2, 0) is 6.42 Å². The molecule has 1 aromatic rings. The van der Waals surface area contributed by atoms with E-state index in [-0.39, 0.29) is 0 Å². The van der Waals surface area contributed by atoms with Crippen LogP contribution in [0.2, 0.25) is 0 Å². The van der Waals surface area contributed by atoms with Gasteiger partial charge in [-0.15, -0.1) is 0 Å². The Kier molecular flexibility index (Phi) is 5.83. The monoisotopic (exact) mass is 300 g/mol. The zero-order valence-electron chi connectivity index (χ0n) is 11.0. The summed E-state index contributed by atoms with van der Waals surface area (Å²) in [5.41, 5.74) is 1.19. The van der Waals surface area contributed by atoms with Crippen molar-refractivity contribution >= 4 is 15.9 Å². The molecule has 0 aliphatic carbocycles. The summed E-state index contributed by atoms with van der Waals surface area (Å²) in [7, 11) is 3.39. The Labute approximate surface area is 112 Å². The Morgan fingerprint density at radius 1 is 1.18 bits per heavy atom. The fourth-order valence-electron chi connectivity index (χ4n) is 1.87. The molecule has 3 heteroatoms. The molecule has 96 valence electrons. The number of hydrogen-bond donors (Lipinski definition) is 0. The van der Waals surface area contributed by atoms with Crippen molar-refractivity contribution in [3.05, 3.63) is 23.8 Å². The maximum absolute atomic E-state index is 5.37. The number of alkyl halides is 1. The SMILES string of the molecule is COc1ccc(OC)c(CC(Br)CC(C)C)c1. The molecule has 0 saturated carbocycles. The van der Waals surface area contributed by atoms with E-state index in [0.717, 1.165) is 24.3 Å². The summed E-state index contributed by atoms with van der Waals surface area (Å²) < 4.78 is 10.6. The minimum Gasteiger partial charge on any atom is -0.497 e. The number of hydrogen-bond acceptors (Lipinski definition) is 2. The molecule has 0 aliphatic heterocycles. The Morgan fingerprint density at radius 2 is 1.88 bits per heavy atom. The zero-order valence-corrected chi connectivity index (χ0v) is 12.6. The van der Waals surface area contributed by atoms with Crippen LogP contribution in [0.4, 0.5) is 0 Å². The fourth-order valence-corrected chi connectivity index (χ4v) is 2.97. The molecule has 1 atom stereocenters. The summed E-state index contributed by atoms with van der Waals surface area (Å²) >= 11 is 3.73. The lowest BCUT2D eigenvalue weighted by Crippen LogP contribution is -2.07. The minimum atomic E-state index is 0.475. The van der Waals surface area contributed by atoms with Gasteiger partial charge in [0.25, 0.3) is 0 Å². The lowest BCUT2D eigenvalue weighted by atomic mass is 10.0. The van der Waals surface area contributed by atoms with E-state index in [0.29, 0.717) is 10.7 Å². The second kappa shape index (κ2) is 6.90. The Morgan fingerprint density at radius 3 is 2.41 bits per heavy atom. The summed E-state index contributed by atoms with van der Waals surface area (Å²) in [4.78, 5) is 0.475. The Hall–Kier alpha value is -0.700. The molecule has 0 fully saturated rings. The summed E-state index contributed by atoms with van der Waals surface area (Å²) in [6.45, 7) is 4.47. The van der Waals surface area contributed by atoms with Crippen LogP contribution < -0.4 is 9.47 Å². The van der Waals surface area contributed by atoms with E-state index in [1.807, 2.05) is 18.2 Å². The molecule has 0 saturated heterocycles. The van der Waals surface area contributed by atoms with Gasteiger partial charge in [0.15, 0.2) is 0 Å². The van der Waals surface area contributed by atoms with Gasteiger partial charge in [-0.05, 0) is 42.5 Å². The van der Waals surface area contributed by atoms with Crippen LogP contribution in [-0.4, -0.2) is 19.0 Å². The lowest BCUT2D eigenvalue weighted by molar-refractivity contribution is 0.398. The van der Waals surface area contributed by atoms with Crippen molar-refractivity contribution in [2.24, 2.45) is 5.92 Å². The average Bonchev–Trinajstić information content (AvgIpc) is 2.27. The molecule has 1 aromatic carbocycles. The number of benzene rings is 1. The Bertz CT molecular complexity index is 350. The first-order valence-electron chi connectivity index (χ1n) is 5.91. The first-order chi connectivity index (χ1) is 8.06. The van der Waals surface area contributed by atoms with Gasteiger partial charge in [-0.1, -0.05) is 29.8 Å². The van der Waals surface area contributed by atoms with E-state index in [1.54, 1.807) is 14.2 Å². The van der Waals surface area contributed by atoms with E-state index < -0.39 is 0 Å². The molecule has 0 N–H and O–H groups in total. The Balaban J connectivity index is 2.80. The number of halogens is 1. The molecular formula is C14H21BrO2. The van der Waals surface area contributed by atoms with Crippen LogP contribution >= 0.6 is 15.9 Å². The van der Waals surface area contributed by atoms with Gasteiger partial charge in [0.05, 0.1) is 14.2 Å². The van der Waals surface area contributed by atoms with Crippen molar-refractivity contribution in [3.63, 3.8) is 0 Å². The third-order valence-corrected chi connectivity index (χ3v) is 3.35. The summed E-state index contributed by atoms with van der Waals surface area (Å²) in [6, 6.07) is 5.94. The summed E-state index contributed by atoms with van der Waals surface area (Å²) in [5.74, 6) is 2.50. The highest BCUT2D eigenvalue weighted by Crippen LogP contribution is 2.28. The van der Waals surface area contributed by atoms with Gasteiger partial charge in [-0.3, -0.25) is 0 Å². The minimum absolute atomic E-state index is 0.475. The highest BCUT2D eigenvalue weighted by atomic mass is 79.9. The second-order valence-electron chi connectivity index (χ2n) is 4.61. The van der Waals surface area contributed by atoms with E-state index in [4.69, 9.17) is 9.47 Å². The predicted octanol–water partition coefficient (Wildman–Crippen LogP) is 4.06. The van der Waals surface area contributed by atoms with Crippen molar-refractivity contribution in [2.45, 2.75) is 31.5 Å².